The minimum Gasteiger partial charge on any atom is -0.491 e. The highest BCUT2D eigenvalue weighted by Crippen LogP contribution is 2.09. The van der Waals surface area contributed by atoms with Crippen molar-refractivity contribution >= 4 is 10.4 Å². The number of aliphatic hydroxyl groups excluding tert-OH is 1. The lowest BCUT2D eigenvalue weighted by molar-refractivity contribution is 0.0670. The average molecular weight is 248 g/mol. The molecule has 0 aliphatic carbocycles. The summed E-state index contributed by atoms with van der Waals surface area (Å²) in [5.41, 5.74) is 0. The lowest BCUT2D eigenvalue weighted by atomic mass is 10.3. The van der Waals surface area contributed by atoms with Crippen LogP contribution in [0.4, 0.5) is 0 Å². The normalized spacial score (nSPS) is 13.4. The molecule has 1 aromatic carbocycles. The smallest absolute Gasteiger partial charge is 0.397 e. The van der Waals surface area contributed by atoms with Gasteiger partial charge >= 0.3 is 10.4 Å². The van der Waals surface area contributed by atoms with Gasteiger partial charge in [0, 0.05) is 0 Å². The Hall–Kier alpha value is -1.15. The third kappa shape index (κ3) is 5.08. The highest BCUT2D eigenvalue weighted by molar-refractivity contribution is 7.80. The SMILES string of the molecule is O=S(=O)(O)OC(CO)COc1ccccc1. The molecule has 7 heteroatoms. The van der Waals surface area contributed by atoms with E-state index < -0.39 is 23.1 Å². The van der Waals surface area contributed by atoms with Crippen molar-refractivity contribution in [3.63, 3.8) is 0 Å². The Bertz CT molecular complexity index is 401. The summed E-state index contributed by atoms with van der Waals surface area (Å²) in [4.78, 5) is 0. The van der Waals surface area contributed by atoms with Crippen LogP contribution in [0.25, 0.3) is 0 Å². The van der Waals surface area contributed by atoms with Crippen molar-refractivity contribution in [1.29, 1.82) is 0 Å². The topological polar surface area (TPSA) is 93.1 Å². The third-order valence-corrected chi connectivity index (χ3v) is 2.16. The van der Waals surface area contributed by atoms with E-state index >= 15 is 0 Å². The van der Waals surface area contributed by atoms with Crippen LogP contribution < -0.4 is 4.74 Å². The number of para-hydroxylation sites is 1. The predicted octanol–water partition coefficient (Wildman–Crippen LogP) is 0.246. The van der Waals surface area contributed by atoms with Gasteiger partial charge in [-0.2, -0.15) is 8.42 Å². The second-order valence-electron chi connectivity index (χ2n) is 2.95. The number of ether oxygens (including phenoxy) is 1. The van der Waals surface area contributed by atoms with E-state index in [-0.39, 0.29) is 6.61 Å². The summed E-state index contributed by atoms with van der Waals surface area (Å²) >= 11 is 0. The maximum absolute atomic E-state index is 10.4. The number of rotatable bonds is 6. The molecule has 16 heavy (non-hydrogen) atoms. The first-order valence-corrected chi connectivity index (χ1v) is 5.82. The first kappa shape index (κ1) is 12.9. The average Bonchev–Trinajstić information content (AvgIpc) is 2.24. The van der Waals surface area contributed by atoms with Crippen molar-refractivity contribution in [2.75, 3.05) is 13.2 Å². The van der Waals surface area contributed by atoms with E-state index in [2.05, 4.69) is 4.18 Å². The molecular weight excluding hydrogens is 236 g/mol. The fraction of sp³-hybridized carbons (Fsp3) is 0.333. The largest absolute Gasteiger partial charge is 0.491 e. The zero-order chi connectivity index (χ0) is 12.0. The van der Waals surface area contributed by atoms with Crippen LogP contribution in [0.5, 0.6) is 5.75 Å². The molecule has 1 unspecified atom stereocenters. The van der Waals surface area contributed by atoms with Crippen LogP contribution in [-0.2, 0) is 14.6 Å². The van der Waals surface area contributed by atoms with E-state index in [9.17, 15) is 8.42 Å². The summed E-state index contributed by atoms with van der Waals surface area (Å²) in [6.07, 6.45) is -1.13. The number of aliphatic hydroxyl groups is 1. The van der Waals surface area contributed by atoms with Gasteiger partial charge in [-0.25, -0.2) is 4.18 Å². The lowest BCUT2D eigenvalue weighted by Gasteiger charge is -2.13. The van der Waals surface area contributed by atoms with Gasteiger partial charge in [-0.1, -0.05) is 18.2 Å². The molecule has 6 nitrogen and oxygen atoms in total. The van der Waals surface area contributed by atoms with E-state index in [4.69, 9.17) is 14.4 Å². The lowest BCUT2D eigenvalue weighted by Crippen LogP contribution is -2.28. The highest BCUT2D eigenvalue weighted by atomic mass is 32.3. The molecule has 1 rings (SSSR count). The fourth-order valence-electron chi connectivity index (χ4n) is 0.989. The van der Waals surface area contributed by atoms with Crippen LogP contribution in [0.3, 0.4) is 0 Å². The molecular formula is C9H12O6S. The molecule has 0 radical (unpaired) electrons. The monoisotopic (exact) mass is 248 g/mol. The van der Waals surface area contributed by atoms with Crippen molar-refractivity contribution < 1.29 is 27.0 Å². The summed E-state index contributed by atoms with van der Waals surface area (Å²) in [7, 11) is -4.58. The van der Waals surface area contributed by atoms with Gasteiger partial charge in [-0.3, -0.25) is 4.55 Å². The maximum Gasteiger partial charge on any atom is 0.397 e. The third-order valence-electron chi connectivity index (χ3n) is 1.64. The van der Waals surface area contributed by atoms with Gasteiger partial charge in [0.2, 0.25) is 0 Å². The van der Waals surface area contributed by atoms with Crippen LogP contribution in [0.15, 0.2) is 30.3 Å². The molecule has 90 valence electrons. The van der Waals surface area contributed by atoms with Gasteiger partial charge in [-0.05, 0) is 12.1 Å². The minimum absolute atomic E-state index is 0.180. The van der Waals surface area contributed by atoms with Crippen LogP contribution in [-0.4, -0.2) is 37.4 Å². The molecule has 0 fully saturated rings. The molecule has 0 saturated heterocycles. The van der Waals surface area contributed by atoms with E-state index in [1.807, 2.05) is 0 Å². The summed E-state index contributed by atoms with van der Waals surface area (Å²) < 4.78 is 38.5. The van der Waals surface area contributed by atoms with Crippen molar-refractivity contribution in [3.05, 3.63) is 30.3 Å². The summed E-state index contributed by atoms with van der Waals surface area (Å²) in [6.45, 7) is -0.757. The first-order valence-electron chi connectivity index (χ1n) is 4.45. The van der Waals surface area contributed by atoms with E-state index in [0.717, 1.165) is 0 Å². The Balaban J connectivity index is 2.46. The molecule has 0 saturated carbocycles. The van der Waals surface area contributed by atoms with Crippen LogP contribution in [0, 0.1) is 0 Å². The van der Waals surface area contributed by atoms with Crippen molar-refractivity contribution in [2.24, 2.45) is 0 Å². The second-order valence-corrected chi connectivity index (χ2v) is 4.00. The van der Waals surface area contributed by atoms with Crippen molar-refractivity contribution in [3.8, 4) is 5.75 Å². The summed E-state index contributed by atoms with van der Waals surface area (Å²) in [5, 5.41) is 8.79. The Morgan fingerprint density at radius 1 is 1.25 bits per heavy atom. The summed E-state index contributed by atoms with van der Waals surface area (Å²) in [5.74, 6) is 0.514. The van der Waals surface area contributed by atoms with Crippen LogP contribution >= 0.6 is 0 Å². The highest BCUT2D eigenvalue weighted by Gasteiger charge is 2.16. The molecule has 0 bridgehead atoms. The van der Waals surface area contributed by atoms with Gasteiger partial charge in [0.05, 0.1) is 6.61 Å². The number of benzene rings is 1. The standard InChI is InChI=1S/C9H12O6S/c10-6-9(15-16(11,12)13)7-14-8-4-2-1-3-5-8/h1-5,9-10H,6-7H2,(H,11,12,13). The molecule has 0 spiro atoms. The Kier molecular flexibility index (Phi) is 4.69. The fourth-order valence-corrected chi connectivity index (χ4v) is 1.45. The van der Waals surface area contributed by atoms with Gasteiger partial charge in [0.25, 0.3) is 0 Å². The van der Waals surface area contributed by atoms with E-state index in [0.29, 0.717) is 5.75 Å². The van der Waals surface area contributed by atoms with Crippen molar-refractivity contribution in [1.82, 2.24) is 0 Å². The zero-order valence-electron chi connectivity index (χ0n) is 8.31. The molecule has 0 heterocycles. The number of hydrogen-bond acceptors (Lipinski definition) is 5. The van der Waals surface area contributed by atoms with E-state index in [1.54, 1.807) is 30.3 Å². The molecule has 0 aliphatic heterocycles. The molecule has 0 aromatic heterocycles. The molecule has 0 aliphatic rings. The minimum atomic E-state index is -4.58. The molecule has 0 amide bonds. The second kappa shape index (κ2) is 5.80. The Morgan fingerprint density at radius 3 is 2.38 bits per heavy atom. The van der Waals surface area contributed by atoms with Gasteiger partial charge < -0.3 is 9.84 Å². The van der Waals surface area contributed by atoms with Crippen LogP contribution in [0.1, 0.15) is 0 Å². The van der Waals surface area contributed by atoms with Gasteiger partial charge in [0.1, 0.15) is 18.5 Å². The Morgan fingerprint density at radius 2 is 1.88 bits per heavy atom. The van der Waals surface area contributed by atoms with Crippen molar-refractivity contribution in [2.45, 2.75) is 6.10 Å². The van der Waals surface area contributed by atoms with Gasteiger partial charge in [-0.15, -0.1) is 0 Å². The number of hydrogen-bond donors (Lipinski definition) is 2. The van der Waals surface area contributed by atoms with E-state index in [1.165, 1.54) is 0 Å². The maximum atomic E-state index is 10.4. The molecule has 1 aromatic rings. The summed E-state index contributed by atoms with van der Waals surface area (Å²) in [6, 6.07) is 8.62. The quantitative estimate of drug-likeness (QED) is 0.701. The predicted molar refractivity (Wildman–Crippen MR) is 55.4 cm³/mol. The van der Waals surface area contributed by atoms with Gasteiger partial charge in [0.15, 0.2) is 0 Å². The zero-order valence-corrected chi connectivity index (χ0v) is 9.13. The molecule has 2 N–H and O–H groups in total. The van der Waals surface area contributed by atoms with Crippen LogP contribution in [0.2, 0.25) is 0 Å². The first-order chi connectivity index (χ1) is 7.51. The Labute approximate surface area is 93.4 Å². The molecule has 1 atom stereocenters.